The zero-order valence-electron chi connectivity index (χ0n) is 19.5. The number of carbonyl (C=O) groups excluding carboxylic acids is 1. The monoisotopic (exact) mass is 501 g/mol. The molecular formula is C26H26F3N3O4. The predicted molar refractivity (Wildman–Crippen MR) is 127 cm³/mol. The molecule has 1 unspecified atom stereocenters. The van der Waals surface area contributed by atoms with Gasteiger partial charge < -0.3 is 19.9 Å². The van der Waals surface area contributed by atoms with Crippen LogP contribution in [0.3, 0.4) is 0 Å². The Morgan fingerprint density at radius 2 is 1.89 bits per heavy atom. The number of pyridine rings is 1. The Morgan fingerprint density at radius 1 is 1.11 bits per heavy atom. The third kappa shape index (κ3) is 6.13. The highest BCUT2D eigenvalue weighted by atomic mass is 19.4. The number of hydrogen-bond donors (Lipinski definition) is 2. The zero-order chi connectivity index (χ0) is 25.7. The summed E-state index contributed by atoms with van der Waals surface area (Å²) in [5.74, 6) is 0.199. The average molecular weight is 502 g/mol. The van der Waals surface area contributed by atoms with Crippen molar-refractivity contribution in [3.05, 3.63) is 83.7 Å². The Morgan fingerprint density at radius 3 is 2.56 bits per heavy atom. The lowest BCUT2D eigenvalue weighted by molar-refractivity contribution is -0.137. The van der Waals surface area contributed by atoms with Crippen LogP contribution < -0.4 is 14.8 Å². The fourth-order valence-corrected chi connectivity index (χ4v) is 4.04. The van der Waals surface area contributed by atoms with Gasteiger partial charge in [-0.1, -0.05) is 12.1 Å². The minimum atomic E-state index is -4.54. The van der Waals surface area contributed by atoms with Crippen LogP contribution in [0.1, 0.15) is 40.6 Å². The molecule has 0 spiro atoms. The molecule has 2 heterocycles. The molecule has 190 valence electrons. The quantitative estimate of drug-likeness (QED) is 0.480. The Balaban J connectivity index is 1.40. The summed E-state index contributed by atoms with van der Waals surface area (Å²) in [5, 5.41) is 13.2. The second kappa shape index (κ2) is 11.0. The standard InChI is InChI=1S/C26H26F3N3O4/c1-35-22-8-7-20(31-24(33)17-4-2-6-19(14-17)26(27,28)29)15-23(22)36-21-9-12-32(13-10-21)25(34)18-5-3-11-30-16-18/h2-8,11,14-16,21,25,34H,9-10,12-13H2,1H3,(H,31,33). The first kappa shape index (κ1) is 25.5. The molecule has 0 bridgehead atoms. The lowest BCUT2D eigenvalue weighted by Gasteiger charge is -2.35. The van der Waals surface area contributed by atoms with Gasteiger partial charge in [0.15, 0.2) is 11.5 Å². The number of methoxy groups -OCH3 is 1. The third-order valence-electron chi connectivity index (χ3n) is 5.97. The van der Waals surface area contributed by atoms with Crippen molar-refractivity contribution >= 4 is 11.6 Å². The van der Waals surface area contributed by atoms with E-state index in [1.54, 1.807) is 36.7 Å². The first-order valence-electron chi connectivity index (χ1n) is 11.4. The number of nitrogens with one attached hydrogen (secondary N) is 1. The summed E-state index contributed by atoms with van der Waals surface area (Å²) in [4.78, 5) is 18.6. The number of aliphatic hydroxyl groups excluding tert-OH is 1. The van der Waals surface area contributed by atoms with E-state index in [-0.39, 0.29) is 11.7 Å². The van der Waals surface area contributed by atoms with Crippen LogP contribution in [0.5, 0.6) is 11.5 Å². The van der Waals surface area contributed by atoms with Crippen molar-refractivity contribution in [2.75, 3.05) is 25.5 Å². The van der Waals surface area contributed by atoms with Gasteiger partial charge >= 0.3 is 6.18 Å². The van der Waals surface area contributed by atoms with Crippen molar-refractivity contribution in [2.45, 2.75) is 31.3 Å². The van der Waals surface area contributed by atoms with Crippen LogP contribution in [-0.4, -0.2) is 47.2 Å². The molecule has 3 aromatic rings. The number of benzene rings is 2. The number of piperidine rings is 1. The number of nitrogens with zero attached hydrogens (tertiary/aromatic N) is 2. The van der Waals surface area contributed by atoms with Gasteiger partial charge in [0.05, 0.1) is 12.7 Å². The van der Waals surface area contributed by atoms with E-state index in [4.69, 9.17) is 9.47 Å². The number of carbonyl (C=O) groups is 1. The van der Waals surface area contributed by atoms with Gasteiger partial charge in [-0.15, -0.1) is 0 Å². The van der Waals surface area contributed by atoms with E-state index in [9.17, 15) is 23.1 Å². The number of aromatic nitrogens is 1. The van der Waals surface area contributed by atoms with E-state index >= 15 is 0 Å². The summed E-state index contributed by atoms with van der Waals surface area (Å²) in [6.45, 7) is 1.21. The first-order valence-corrected chi connectivity index (χ1v) is 11.4. The minimum Gasteiger partial charge on any atom is -0.493 e. The Hall–Kier alpha value is -3.63. The van der Waals surface area contributed by atoms with E-state index in [0.717, 1.165) is 17.7 Å². The van der Waals surface area contributed by atoms with Crippen LogP contribution in [0.25, 0.3) is 0 Å². The largest absolute Gasteiger partial charge is 0.493 e. The second-order valence-corrected chi connectivity index (χ2v) is 8.41. The normalized spacial score (nSPS) is 15.8. The fraction of sp³-hybridized carbons (Fsp3) is 0.308. The second-order valence-electron chi connectivity index (χ2n) is 8.41. The van der Waals surface area contributed by atoms with Crippen molar-refractivity contribution in [3.63, 3.8) is 0 Å². The smallest absolute Gasteiger partial charge is 0.416 e. The lowest BCUT2D eigenvalue weighted by Crippen LogP contribution is -2.40. The lowest BCUT2D eigenvalue weighted by atomic mass is 10.1. The number of rotatable bonds is 7. The maximum atomic E-state index is 13.0. The molecule has 36 heavy (non-hydrogen) atoms. The van der Waals surface area contributed by atoms with Crippen LogP contribution in [0.15, 0.2) is 67.0 Å². The van der Waals surface area contributed by atoms with Gasteiger partial charge in [-0.25, -0.2) is 0 Å². The van der Waals surface area contributed by atoms with Crippen LogP contribution in [-0.2, 0) is 6.18 Å². The third-order valence-corrected chi connectivity index (χ3v) is 5.97. The molecule has 1 amide bonds. The van der Waals surface area contributed by atoms with Crippen molar-refractivity contribution in [1.29, 1.82) is 0 Å². The summed E-state index contributed by atoms with van der Waals surface area (Å²) in [6.07, 6.45) is -0.838. The van der Waals surface area contributed by atoms with Gasteiger partial charge in [0.2, 0.25) is 0 Å². The zero-order valence-corrected chi connectivity index (χ0v) is 19.5. The predicted octanol–water partition coefficient (Wildman–Crippen LogP) is 4.90. The molecule has 1 saturated heterocycles. The van der Waals surface area contributed by atoms with Crippen molar-refractivity contribution in [2.24, 2.45) is 0 Å². The number of alkyl halides is 3. The number of aliphatic hydroxyl groups is 1. The highest BCUT2D eigenvalue weighted by Crippen LogP contribution is 2.34. The summed E-state index contributed by atoms with van der Waals surface area (Å²) in [6, 6.07) is 12.6. The first-order chi connectivity index (χ1) is 17.2. The van der Waals surface area contributed by atoms with Crippen LogP contribution in [0.2, 0.25) is 0 Å². The molecule has 1 aliphatic heterocycles. The fourth-order valence-electron chi connectivity index (χ4n) is 4.04. The van der Waals surface area contributed by atoms with Gasteiger partial charge in [0.25, 0.3) is 5.91 Å². The molecule has 1 aromatic heterocycles. The molecule has 10 heteroatoms. The molecule has 1 atom stereocenters. The van der Waals surface area contributed by atoms with Gasteiger partial charge in [-0.2, -0.15) is 13.2 Å². The molecule has 2 N–H and O–H groups in total. The molecule has 0 aliphatic carbocycles. The molecule has 4 rings (SSSR count). The molecular weight excluding hydrogens is 475 g/mol. The number of likely N-dealkylation sites (tertiary alicyclic amines) is 1. The van der Waals surface area contributed by atoms with E-state index in [1.807, 2.05) is 11.0 Å². The molecule has 1 aliphatic rings. The molecule has 1 fully saturated rings. The summed E-state index contributed by atoms with van der Waals surface area (Å²) in [7, 11) is 1.50. The summed E-state index contributed by atoms with van der Waals surface area (Å²) in [5.41, 5.74) is 0.0805. The number of hydrogen-bond acceptors (Lipinski definition) is 6. The maximum Gasteiger partial charge on any atom is 0.416 e. The number of ether oxygens (including phenoxy) is 2. The van der Waals surface area contributed by atoms with Crippen molar-refractivity contribution in [1.82, 2.24) is 9.88 Å². The van der Waals surface area contributed by atoms with Crippen LogP contribution >= 0.6 is 0 Å². The topological polar surface area (TPSA) is 83.9 Å². The van der Waals surface area contributed by atoms with Crippen molar-refractivity contribution < 1.29 is 32.5 Å². The van der Waals surface area contributed by atoms with Crippen LogP contribution in [0, 0.1) is 0 Å². The SMILES string of the molecule is COc1ccc(NC(=O)c2cccc(C(F)(F)F)c2)cc1OC1CCN(C(O)c2cccnc2)CC1. The van der Waals surface area contributed by atoms with Gasteiger partial charge in [0, 0.05) is 48.4 Å². The van der Waals surface area contributed by atoms with Crippen molar-refractivity contribution in [3.8, 4) is 11.5 Å². The van der Waals surface area contributed by atoms with E-state index < -0.39 is 23.9 Å². The number of amides is 1. The van der Waals surface area contributed by atoms with E-state index in [1.165, 1.54) is 19.2 Å². The van der Waals surface area contributed by atoms with Gasteiger partial charge in [-0.05, 0) is 49.2 Å². The molecule has 7 nitrogen and oxygen atoms in total. The maximum absolute atomic E-state index is 13.0. The highest BCUT2D eigenvalue weighted by Gasteiger charge is 2.31. The number of halogens is 3. The Labute approximate surface area is 206 Å². The van der Waals surface area contributed by atoms with Crippen LogP contribution in [0.4, 0.5) is 18.9 Å². The minimum absolute atomic E-state index is 0.109. The number of anilines is 1. The molecule has 0 radical (unpaired) electrons. The molecule has 2 aromatic carbocycles. The molecule has 0 saturated carbocycles. The van der Waals surface area contributed by atoms with Gasteiger partial charge in [-0.3, -0.25) is 14.7 Å². The van der Waals surface area contributed by atoms with E-state index in [2.05, 4.69) is 10.3 Å². The summed E-state index contributed by atoms with van der Waals surface area (Å²) >= 11 is 0. The highest BCUT2D eigenvalue weighted by molar-refractivity contribution is 6.04. The average Bonchev–Trinajstić information content (AvgIpc) is 2.89. The Kier molecular flexibility index (Phi) is 7.76. The van der Waals surface area contributed by atoms with E-state index in [0.29, 0.717) is 43.1 Å². The van der Waals surface area contributed by atoms with Gasteiger partial charge in [0.1, 0.15) is 12.3 Å². The Bertz CT molecular complexity index is 1180. The summed E-state index contributed by atoms with van der Waals surface area (Å²) < 4.78 is 50.5.